The van der Waals surface area contributed by atoms with Gasteiger partial charge in [-0.25, -0.2) is 14.8 Å². The molecule has 1 rings (SSSR count). The van der Waals surface area contributed by atoms with E-state index >= 15 is 0 Å². The van der Waals surface area contributed by atoms with Crippen molar-refractivity contribution in [3.05, 3.63) is 18.1 Å². The van der Waals surface area contributed by atoms with E-state index in [0.29, 0.717) is 24.5 Å². The minimum atomic E-state index is -0.436. The predicted octanol–water partition coefficient (Wildman–Crippen LogP) is 1.12. The normalized spacial score (nSPS) is 10.5. The molecule has 6 heteroatoms. The van der Waals surface area contributed by atoms with Crippen LogP contribution in [-0.2, 0) is 9.47 Å². The van der Waals surface area contributed by atoms with Crippen molar-refractivity contribution in [2.45, 2.75) is 19.9 Å². The maximum atomic E-state index is 11.7. The highest BCUT2D eigenvalue weighted by Crippen LogP contribution is 2.19. The van der Waals surface area contributed by atoms with Gasteiger partial charge in [0.2, 0.25) is 0 Å². The maximum absolute atomic E-state index is 11.7. The minimum absolute atomic E-state index is 0.193. The van der Waals surface area contributed by atoms with Gasteiger partial charge in [0, 0.05) is 25.9 Å². The van der Waals surface area contributed by atoms with Gasteiger partial charge in [0.25, 0.3) is 0 Å². The molecule has 1 aromatic rings. The van der Waals surface area contributed by atoms with Crippen molar-refractivity contribution >= 4 is 11.8 Å². The SMILES string of the molecule is COCCN(c1ncncc1C(=O)OC)C(C)C. The van der Waals surface area contributed by atoms with E-state index in [1.807, 2.05) is 18.7 Å². The zero-order valence-corrected chi connectivity index (χ0v) is 11.2. The number of aromatic nitrogens is 2. The fourth-order valence-electron chi connectivity index (χ4n) is 1.60. The Morgan fingerprint density at radius 1 is 1.44 bits per heavy atom. The van der Waals surface area contributed by atoms with Crippen molar-refractivity contribution in [1.82, 2.24) is 9.97 Å². The van der Waals surface area contributed by atoms with Crippen molar-refractivity contribution in [3.63, 3.8) is 0 Å². The zero-order chi connectivity index (χ0) is 13.5. The van der Waals surface area contributed by atoms with Crippen LogP contribution in [0.5, 0.6) is 0 Å². The van der Waals surface area contributed by atoms with Crippen LogP contribution in [0.2, 0.25) is 0 Å². The number of carbonyl (C=O) groups excluding carboxylic acids is 1. The van der Waals surface area contributed by atoms with Crippen LogP contribution in [0.1, 0.15) is 24.2 Å². The molecule has 0 saturated carbocycles. The van der Waals surface area contributed by atoms with Gasteiger partial charge in [-0.2, -0.15) is 0 Å². The van der Waals surface area contributed by atoms with Crippen LogP contribution in [0.15, 0.2) is 12.5 Å². The lowest BCUT2D eigenvalue weighted by atomic mass is 10.2. The lowest BCUT2D eigenvalue weighted by molar-refractivity contribution is 0.0600. The Kier molecular flexibility index (Phi) is 5.51. The number of nitrogens with zero attached hydrogens (tertiary/aromatic N) is 3. The van der Waals surface area contributed by atoms with Crippen LogP contribution in [-0.4, -0.2) is 49.4 Å². The number of carbonyl (C=O) groups is 1. The third-order valence-electron chi connectivity index (χ3n) is 2.53. The number of rotatable bonds is 6. The lowest BCUT2D eigenvalue weighted by Gasteiger charge is -2.28. The van der Waals surface area contributed by atoms with Gasteiger partial charge in [-0.1, -0.05) is 0 Å². The molecule has 1 heterocycles. The molecule has 0 fully saturated rings. The zero-order valence-electron chi connectivity index (χ0n) is 11.2. The number of methoxy groups -OCH3 is 2. The molecule has 0 bridgehead atoms. The lowest BCUT2D eigenvalue weighted by Crippen LogP contribution is -2.35. The van der Waals surface area contributed by atoms with E-state index in [9.17, 15) is 4.79 Å². The Morgan fingerprint density at radius 3 is 2.72 bits per heavy atom. The summed E-state index contributed by atoms with van der Waals surface area (Å²) in [5.74, 6) is 0.137. The van der Waals surface area contributed by atoms with Gasteiger partial charge in [0.05, 0.1) is 13.7 Å². The summed E-state index contributed by atoms with van der Waals surface area (Å²) in [6.45, 7) is 5.26. The van der Waals surface area contributed by atoms with Crippen LogP contribution in [0.4, 0.5) is 5.82 Å². The van der Waals surface area contributed by atoms with Crippen molar-refractivity contribution in [3.8, 4) is 0 Å². The van der Waals surface area contributed by atoms with Gasteiger partial charge in [0.1, 0.15) is 17.7 Å². The van der Waals surface area contributed by atoms with E-state index in [1.165, 1.54) is 19.6 Å². The molecule has 0 radical (unpaired) electrons. The van der Waals surface area contributed by atoms with E-state index in [4.69, 9.17) is 9.47 Å². The van der Waals surface area contributed by atoms with Crippen molar-refractivity contribution in [2.75, 3.05) is 32.3 Å². The first-order valence-corrected chi connectivity index (χ1v) is 5.75. The van der Waals surface area contributed by atoms with Crippen LogP contribution in [0.25, 0.3) is 0 Å². The molecule has 0 amide bonds. The Hall–Kier alpha value is -1.69. The summed E-state index contributed by atoms with van der Waals surface area (Å²) in [7, 11) is 2.98. The molecule has 0 unspecified atom stereocenters. The average Bonchev–Trinajstić information content (AvgIpc) is 2.38. The largest absolute Gasteiger partial charge is 0.465 e. The van der Waals surface area contributed by atoms with Gasteiger partial charge in [-0.05, 0) is 13.8 Å². The first kappa shape index (κ1) is 14.4. The second-order valence-electron chi connectivity index (χ2n) is 4.03. The first-order chi connectivity index (χ1) is 8.61. The standard InChI is InChI=1S/C12H19N3O3/c1-9(2)15(5-6-17-3)11-10(12(16)18-4)7-13-8-14-11/h7-9H,5-6H2,1-4H3. The molecule has 0 aliphatic carbocycles. The third-order valence-corrected chi connectivity index (χ3v) is 2.53. The van der Waals surface area contributed by atoms with Gasteiger partial charge >= 0.3 is 5.97 Å². The van der Waals surface area contributed by atoms with Crippen LogP contribution in [0, 0.1) is 0 Å². The van der Waals surface area contributed by atoms with Gasteiger partial charge in [-0.3, -0.25) is 0 Å². The molecule has 0 N–H and O–H groups in total. The molecule has 0 spiro atoms. The van der Waals surface area contributed by atoms with Crippen LogP contribution < -0.4 is 4.90 Å². The monoisotopic (exact) mass is 253 g/mol. The van der Waals surface area contributed by atoms with Crippen molar-refractivity contribution in [1.29, 1.82) is 0 Å². The molecule has 1 aromatic heterocycles. The van der Waals surface area contributed by atoms with Gasteiger partial charge in [0.15, 0.2) is 0 Å². The fourth-order valence-corrected chi connectivity index (χ4v) is 1.60. The molecule has 0 aromatic carbocycles. The average molecular weight is 253 g/mol. The molecular weight excluding hydrogens is 234 g/mol. The minimum Gasteiger partial charge on any atom is -0.465 e. The first-order valence-electron chi connectivity index (χ1n) is 5.75. The Balaban J connectivity index is 3.07. The molecule has 0 saturated heterocycles. The molecule has 0 aliphatic heterocycles. The molecular formula is C12H19N3O3. The smallest absolute Gasteiger partial charge is 0.343 e. The summed E-state index contributed by atoms with van der Waals surface area (Å²) in [6, 6.07) is 0.193. The summed E-state index contributed by atoms with van der Waals surface area (Å²) in [5, 5.41) is 0. The summed E-state index contributed by atoms with van der Waals surface area (Å²) >= 11 is 0. The Morgan fingerprint density at radius 2 is 2.17 bits per heavy atom. The third kappa shape index (κ3) is 3.40. The number of ether oxygens (including phenoxy) is 2. The highest BCUT2D eigenvalue weighted by Gasteiger charge is 2.20. The number of anilines is 1. The molecule has 0 aliphatic rings. The number of hydrogen-bond acceptors (Lipinski definition) is 6. The van der Waals surface area contributed by atoms with E-state index in [-0.39, 0.29) is 6.04 Å². The second kappa shape index (κ2) is 6.90. The second-order valence-corrected chi connectivity index (χ2v) is 4.03. The molecule has 100 valence electrons. The van der Waals surface area contributed by atoms with E-state index in [1.54, 1.807) is 7.11 Å². The maximum Gasteiger partial charge on any atom is 0.343 e. The summed E-state index contributed by atoms with van der Waals surface area (Å²) in [5.41, 5.74) is 0.366. The highest BCUT2D eigenvalue weighted by molar-refractivity contribution is 5.94. The van der Waals surface area contributed by atoms with Crippen molar-refractivity contribution < 1.29 is 14.3 Å². The quantitative estimate of drug-likeness (QED) is 0.708. The van der Waals surface area contributed by atoms with Gasteiger partial charge in [-0.15, -0.1) is 0 Å². The number of hydrogen-bond donors (Lipinski definition) is 0. The molecule has 0 atom stereocenters. The van der Waals surface area contributed by atoms with Gasteiger partial charge < -0.3 is 14.4 Å². The summed E-state index contributed by atoms with van der Waals surface area (Å²) in [6.07, 6.45) is 2.89. The number of esters is 1. The van der Waals surface area contributed by atoms with E-state index in [2.05, 4.69) is 9.97 Å². The van der Waals surface area contributed by atoms with Crippen LogP contribution in [0.3, 0.4) is 0 Å². The Bertz CT molecular complexity index is 396. The summed E-state index contributed by atoms with van der Waals surface area (Å²) < 4.78 is 9.80. The Labute approximate surface area is 107 Å². The predicted molar refractivity (Wildman–Crippen MR) is 67.7 cm³/mol. The van der Waals surface area contributed by atoms with Crippen molar-refractivity contribution in [2.24, 2.45) is 0 Å². The topological polar surface area (TPSA) is 64.5 Å². The fraction of sp³-hybridized carbons (Fsp3) is 0.583. The summed E-state index contributed by atoms with van der Waals surface area (Å²) in [4.78, 5) is 21.7. The highest BCUT2D eigenvalue weighted by atomic mass is 16.5. The van der Waals surface area contributed by atoms with Crippen LogP contribution >= 0.6 is 0 Å². The molecule has 18 heavy (non-hydrogen) atoms. The van der Waals surface area contributed by atoms with E-state index < -0.39 is 5.97 Å². The van der Waals surface area contributed by atoms with E-state index in [0.717, 1.165) is 0 Å². The molecule has 6 nitrogen and oxygen atoms in total.